The van der Waals surface area contributed by atoms with Crippen LogP contribution in [0.15, 0.2) is 24.3 Å². The van der Waals surface area contributed by atoms with E-state index in [4.69, 9.17) is 25.8 Å². The molecule has 1 unspecified atom stereocenters. The van der Waals surface area contributed by atoms with E-state index in [2.05, 4.69) is 0 Å². The van der Waals surface area contributed by atoms with E-state index in [0.29, 0.717) is 37.9 Å². The molecule has 0 saturated carbocycles. The fourth-order valence-corrected chi connectivity index (χ4v) is 2.27. The molecule has 0 N–H and O–H groups in total. The Morgan fingerprint density at radius 3 is 2.86 bits per heavy atom. The van der Waals surface area contributed by atoms with Crippen molar-refractivity contribution in [2.24, 2.45) is 0 Å². The molecule has 1 aromatic carbocycles. The molecule has 0 radical (unpaired) electrons. The van der Waals surface area contributed by atoms with Crippen LogP contribution in [-0.2, 0) is 19.0 Å². The minimum Gasteiger partial charge on any atom is -0.382 e. The van der Waals surface area contributed by atoms with Crippen molar-refractivity contribution in [1.29, 1.82) is 0 Å². The summed E-state index contributed by atoms with van der Waals surface area (Å²) in [6, 6.07) is 7.51. The number of carbonyl (C=O) groups is 1. The van der Waals surface area contributed by atoms with Gasteiger partial charge in [0.25, 0.3) is 0 Å². The van der Waals surface area contributed by atoms with Crippen LogP contribution in [0, 0.1) is 0 Å². The maximum atomic E-state index is 12.1. The molecule has 1 fully saturated rings. The van der Waals surface area contributed by atoms with E-state index in [9.17, 15) is 4.79 Å². The lowest BCUT2D eigenvalue weighted by Crippen LogP contribution is -2.44. The highest BCUT2D eigenvalue weighted by Crippen LogP contribution is 2.23. The third-order valence-corrected chi connectivity index (χ3v) is 3.57. The SMILES string of the molecule is COCCOCC(=O)N1CCOC(c2ccc(Cl)cc2)C1. The van der Waals surface area contributed by atoms with Crippen molar-refractivity contribution < 1.29 is 19.0 Å². The largest absolute Gasteiger partial charge is 0.382 e. The Kier molecular flexibility index (Phi) is 6.45. The van der Waals surface area contributed by atoms with Crippen LogP contribution in [0.3, 0.4) is 0 Å². The molecule has 1 heterocycles. The Bertz CT molecular complexity index is 451. The zero-order valence-electron chi connectivity index (χ0n) is 12.1. The van der Waals surface area contributed by atoms with E-state index in [1.54, 1.807) is 12.0 Å². The lowest BCUT2D eigenvalue weighted by molar-refractivity contribution is -0.144. The molecular formula is C15H20ClNO4. The van der Waals surface area contributed by atoms with Crippen LogP contribution < -0.4 is 0 Å². The third-order valence-electron chi connectivity index (χ3n) is 3.32. The summed E-state index contributed by atoms with van der Waals surface area (Å²) < 4.78 is 15.9. The summed E-state index contributed by atoms with van der Waals surface area (Å²) in [5.74, 6) is -0.0200. The number of ether oxygens (including phenoxy) is 3. The molecule has 0 aliphatic carbocycles. The van der Waals surface area contributed by atoms with Gasteiger partial charge in [0, 0.05) is 18.7 Å². The molecule has 6 heteroatoms. The van der Waals surface area contributed by atoms with Crippen molar-refractivity contribution in [3.05, 3.63) is 34.9 Å². The maximum absolute atomic E-state index is 12.1. The van der Waals surface area contributed by atoms with Gasteiger partial charge >= 0.3 is 0 Å². The molecule has 0 spiro atoms. The average molecular weight is 314 g/mol. The van der Waals surface area contributed by atoms with Crippen LogP contribution in [0.25, 0.3) is 0 Å². The highest BCUT2D eigenvalue weighted by atomic mass is 35.5. The van der Waals surface area contributed by atoms with Gasteiger partial charge in [-0.1, -0.05) is 23.7 Å². The standard InChI is InChI=1S/C15H20ClNO4/c1-19-8-9-20-11-15(18)17-6-7-21-14(10-17)12-2-4-13(16)5-3-12/h2-5,14H,6-11H2,1H3. The number of halogens is 1. The van der Waals surface area contributed by atoms with Crippen LogP contribution in [0.4, 0.5) is 0 Å². The smallest absolute Gasteiger partial charge is 0.248 e. The highest BCUT2D eigenvalue weighted by Gasteiger charge is 2.25. The van der Waals surface area contributed by atoms with E-state index in [1.807, 2.05) is 24.3 Å². The number of methoxy groups -OCH3 is 1. The van der Waals surface area contributed by atoms with Gasteiger partial charge in [-0.05, 0) is 17.7 Å². The van der Waals surface area contributed by atoms with Crippen LogP contribution in [0.1, 0.15) is 11.7 Å². The molecule has 1 aliphatic rings. The second-order valence-electron chi connectivity index (χ2n) is 4.80. The number of rotatable bonds is 6. The second kappa shape index (κ2) is 8.34. The van der Waals surface area contributed by atoms with E-state index in [-0.39, 0.29) is 18.6 Å². The van der Waals surface area contributed by atoms with Crippen LogP contribution in [-0.4, -0.2) is 57.4 Å². The quantitative estimate of drug-likeness (QED) is 0.753. The number of nitrogens with zero attached hydrogens (tertiary/aromatic N) is 1. The van der Waals surface area contributed by atoms with E-state index < -0.39 is 0 Å². The van der Waals surface area contributed by atoms with Gasteiger partial charge in [0.15, 0.2) is 0 Å². The van der Waals surface area contributed by atoms with Gasteiger partial charge in [-0.25, -0.2) is 0 Å². The molecule has 5 nitrogen and oxygen atoms in total. The minimum absolute atomic E-state index is 0.0200. The van der Waals surface area contributed by atoms with Gasteiger partial charge in [0.05, 0.1) is 26.4 Å². The molecule has 1 aliphatic heterocycles. The number of hydrogen-bond acceptors (Lipinski definition) is 4. The minimum atomic E-state index is -0.112. The first-order valence-electron chi connectivity index (χ1n) is 6.92. The number of morpholine rings is 1. The van der Waals surface area contributed by atoms with Crippen molar-refractivity contribution in [2.75, 3.05) is 46.6 Å². The zero-order valence-corrected chi connectivity index (χ0v) is 12.8. The van der Waals surface area contributed by atoms with Crippen molar-refractivity contribution in [1.82, 2.24) is 4.90 Å². The fraction of sp³-hybridized carbons (Fsp3) is 0.533. The normalized spacial score (nSPS) is 18.8. The van der Waals surface area contributed by atoms with Gasteiger partial charge in [-0.2, -0.15) is 0 Å². The van der Waals surface area contributed by atoms with Crippen molar-refractivity contribution >= 4 is 17.5 Å². The molecule has 2 rings (SSSR count). The number of amides is 1. The molecule has 1 saturated heterocycles. The first-order valence-corrected chi connectivity index (χ1v) is 7.30. The zero-order chi connectivity index (χ0) is 15.1. The molecule has 21 heavy (non-hydrogen) atoms. The molecule has 1 atom stereocenters. The summed E-state index contributed by atoms with van der Waals surface area (Å²) in [7, 11) is 1.60. The predicted octanol–water partition coefficient (Wildman–Crippen LogP) is 1.90. The summed E-state index contributed by atoms with van der Waals surface area (Å²) in [4.78, 5) is 13.8. The lowest BCUT2D eigenvalue weighted by Gasteiger charge is -2.33. The number of carbonyl (C=O) groups excluding carboxylic acids is 1. The Morgan fingerprint density at radius 1 is 1.38 bits per heavy atom. The summed E-state index contributed by atoms with van der Waals surface area (Å²) in [6.45, 7) is 2.65. The molecule has 1 amide bonds. The lowest BCUT2D eigenvalue weighted by atomic mass is 10.1. The Labute approximate surface area is 129 Å². The van der Waals surface area contributed by atoms with Crippen molar-refractivity contribution in [3.8, 4) is 0 Å². The third kappa shape index (κ3) is 4.97. The highest BCUT2D eigenvalue weighted by molar-refractivity contribution is 6.30. The van der Waals surface area contributed by atoms with Crippen LogP contribution in [0.2, 0.25) is 5.02 Å². The molecular weight excluding hydrogens is 294 g/mol. The van der Waals surface area contributed by atoms with E-state index >= 15 is 0 Å². The Morgan fingerprint density at radius 2 is 2.14 bits per heavy atom. The van der Waals surface area contributed by atoms with Crippen molar-refractivity contribution in [2.45, 2.75) is 6.10 Å². The summed E-state index contributed by atoms with van der Waals surface area (Å²) in [5.41, 5.74) is 1.03. The maximum Gasteiger partial charge on any atom is 0.248 e. The van der Waals surface area contributed by atoms with E-state index in [0.717, 1.165) is 5.56 Å². The molecule has 0 bridgehead atoms. The summed E-state index contributed by atoms with van der Waals surface area (Å²) >= 11 is 5.88. The van der Waals surface area contributed by atoms with Gasteiger partial charge in [-0.15, -0.1) is 0 Å². The van der Waals surface area contributed by atoms with Crippen molar-refractivity contribution in [3.63, 3.8) is 0 Å². The van der Waals surface area contributed by atoms with Crippen LogP contribution >= 0.6 is 11.6 Å². The molecule has 0 aromatic heterocycles. The van der Waals surface area contributed by atoms with E-state index in [1.165, 1.54) is 0 Å². The number of benzene rings is 1. The first kappa shape index (κ1) is 16.2. The fourth-order valence-electron chi connectivity index (χ4n) is 2.15. The molecule has 1 aromatic rings. The summed E-state index contributed by atoms with van der Waals surface area (Å²) in [5, 5.41) is 0.689. The van der Waals surface area contributed by atoms with Gasteiger partial charge in [0.2, 0.25) is 5.91 Å². The molecule has 116 valence electrons. The average Bonchev–Trinajstić information content (AvgIpc) is 2.52. The predicted molar refractivity (Wildman–Crippen MR) is 79.4 cm³/mol. The summed E-state index contributed by atoms with van der Waals surface area (Å²) in [6.07, 6.45) is -0.112. The monoisotopic (exact) mass is 313 g/mol. The first-order chi connectivity index (χ1) is 10.2. The Balaban J connectivity index is 1.85. The topological polar surface area (TPSA) is 48.0 Å². The number of hydrogen-bond donors (Lipinski definition) is 0. The van der Waals surface area contributed by atoms with Gasteiger partial charge in [-0.3, -0.25) is 4.79 Å². The Hall–Kier alpha value is -1.14. The van der Waals surface area contributed by atoms with Gasteiger partial charge in [0.1, 0.15) is 12.7 Å². The van der Waals surface area contributed by atoms with Crippen LogP contribution in [0.5, 0.6) is 0 Å². The second-order valence-corrected chi connectivity index (χ2v) is 5.23. The van der Waals surface area contributed by atoms with Gasteiger partial charge < -0.3 is 19.1 Å².